The fourth-order valence-electron chi connectivity index (χ4n) is 3.61. The number of rotatable bonds is 5. The van der Waals surface area contributed by atoms with Gasteiger partial charge in [-0.1, -0.05) is 13.8 Å². The summed E-state index contributed by atoms with van der Waals surface area (Å²) in [5.41, 5.74) is 1.71. The fourth-order valence-corrected chi connectivity index (χ4v) is 4.27. The van der Waals surface area contributed by atoms with Gasteiger partial charge in [0.2, 0.25) is 5.91 Å². The third-order valence-electron chi connectivity index (χ3n) is 5.37. The normalized spacial score (nSPS) is 23.6. The van der Waals surface area contributed by atoms with Gasteiger partial charge in [-0.05, 0) is 66.6 Å². The largest absolute Gasteiger partial charge is 0.335 e. The maximum absolute atomic E-state index is 12.8. The molecule has 1 saturated heterocycles. The van der Waals surface area contributed by atoms with Gasteiger partial charge in [-0.3, -0.25) is 4.79 Å². The summed E-state index contributed by atoms with van der Waals surface area (Å²) < 4.78 is 0. The Bertz CT molecular complexity index is 485. The van der Waals surface area contributed by atoms with E-state index in [1.165, 1.54) is 24.8 Å². The standard InChI is InChI=1S/C17H26N2OS.ClH/c1-3-13(2)16(20)19(11-14-4-9-21-12-14)15-10-17(15)5-7-18-8-6-17;/h4,9,12-13,15,18H,3,5-8,10-11H2,1-2H3;1H. The molecule has 0 radical (unpaired) electrons. The van der Waals surface area contributed by atoms with Crippen molar-refractivity contribution >= 4 is 29.7 Å². The molecule has 0 aromatic carbocycles. The number of amides is 1. The Labute approximate surface area is 143 Å². The molecule has 1 amide bonds. The number of hydrogen-bond acceptors (Lipinski definition) is 3. The molecular formula is C17H27ClN2OS. The van der Waals surface area contributed by atoms with Crippen LogP contribution in [0.1, 0.15) is 45.1 Å². The number of thiophene rings is 1. The van der Waals surface area contributed by atoms with Crippen LogP contribution in [0.25, 0.3) is 0 Å². The van der Waals surface area contributed by atoms with Crippen molar-refractivity contribution in [1.29, 1.82) is 0 Å². The van der Waals surface area contributed by atoms with Crippen LogP contribution in [0.3, 0.4) is 0 Å². The Kier molecular flexibility index (Phi) is 5.92. The van der Waals surface area contributed by atoms with Gasteiger partial charge < -0.3 is 10.2 Å². The lowest BCUT2D eigenvalue weighted by Gasteiger charge is -2.31. The summed E-state index contributed by atoms with van der Waals surface area (Å²) in [7, 11) is 0. The zero-order valence-electron chi connectivity index (χ0n) is 13.5. The van der Waals surface area contributed by atoms with E-state index in [2.05, 4.69) is 40.9 Å². The first-order chi connectivity index (χ1) is 10.2. The molecule has 1 N–H and O–H groups in total. The van der Waals surface area contributed by atoms with Gasteiger partial charge in [0.15, 0.2) is 0 Å². The number of halogens is 1. The van der Waals surface area contributed by atoms with Gasteiger partial charge in [0, 0.05) is 18.5 Å². The van der Waals surface area contributed by atoms with Gasteiger partial charge in [-0.2, -0.15) is 11.3 Å². The lowest BCUT2D eigenvalue weighted by Crippen LogP contribution is -2.41. The molecule has 22 heavy (non-hydrogen) atoms. The highest BCUT2D eigenvalue weighted by Crippen LogP contribution is 2.56. The van der Waals surface area contributed by atoms with Crippen molar-refractivity contribution < 1.29 is 4.79 Å². The van der Waals surface area contributed by atoms with Gasteiger partial charge in [0.25, 0.3) is 0 Å². The monoisotopic (exact) mass is 342 g/mol. The number of carbonyl (C=O) groups excluding carboxylic acids is 1. The van der Waals surface area contributed by atoms with E-state index in [0.717, 1.165) is 26.1 Å². The van der Waals surface area contributed by atoms with Crippen molar-refractivity contribution in [3.63, 3.8) is 0 Å². The Morgan fingerprint density at radius 3 is 2.82 bits per heavy atom. The molecule has 1 aliphatic heterocycles. The minimum atomic E-state index is 0. The first-order valence-electron chi connectivity index (χ1n) is 8.18. The molecule has 2 atom stereocenters. The highest BCUT2D eigenvalue weighted by atomic mass is 35.5. The molecule has 1 aliphatic carbocycles. The lowest BCUT2D eigenvalue weighted by molar-refractivity contribution is -0.137. The van der Waals surface area contributed by atoms with Crippen molar-refractivity contribution in [1.82, 2.24) is 10.2 Å². The molecule has 1 aromatic rings. The minimum absolute atomic E-state index is 0. The van der Waals surface area contributed by atoms with Gasteiger partial charge in [0.1, 0.15) is 0 Å². The highest BCUT2D eigenvalue weighted by molar-refractivity contribution is 7.07. The summed E-state index contributed by atoms with van der Waals surface area (Å²) in [6.07, 6.45) is 4.60. The molecule has 124 valence electrons. The SMILES string of the molecule is CCC(C)C(=O)N(Cc1ccsc1)C1CC12CCNCC2.Cl. The zero-order chi connectivity index (χ0) is 14.9. The fraction of sp³-hybridized carbons (Fsp3) is 0.706. The van der Waals surface area contributed by atoms with Crippen molar-refractivity contribution in [2.24, 2.45) is 11.3 Å². The number of nitrogens with zero attached hydrogens (tertiary/aromatic N) is 1. The number of nitrogens with one attached hydrogen (secondary N) is 1. The van der Waals surface area contributed by atoms with E-state index in [0.29, 0.717) is 17.4 Å². The quantitative estimate of drug-likeness (QED) is 0.885. The molecule has 1 aromatic heterocycles. The minimum Gasteiger partial charge on any atom is -0.335 e. The van der Waals surface area contributed by atoms with E-state index in [9.17, 15) is 4.79 Å². The van der Waals surface area contributed by atoms with Crippen molar-refractivity contribution in [3.8, 4) is 0 Å². The molecule has 1 saturated carbocycles. The second-order valence-electron chi connectivity index (χ2n) is 6.74. The lowest BCUT2D eigenvalue weighted by atomic mass is 9.93. The maximum Gasteiger partial charge on any atom is 0.225 e. The van der Waals surface area contributed by atoms with Crippen LogP contribution in [0.4, 0.5) is 0 Å². The second-order valence-corrected chi connectivity index (χ2v) is 7.52. The predicted molar refractivity (Wildman–Crippen MR) is 94.5 cm³/mol. The molecule has 2 fully saturated rings. The van der Waals surface area contributed by atoms with Crippen LogP contribution in [-0.4, -0.2) is 29.9 Å². The predicted octanol–water partition coefficient (Wildman–Crippen LogP) is 3.69. The summed E-state index contributed by atoms with van der Waals surface area (Å²) in [6.45, 7) is 7.20. The van der Waals surface area contributed by atoms with Crippen LogP contribution in [0, 0.1) is 11.3 Å². The third-order valence-corrected chi connectivity index (χ3v) is 6.10. The Hall–Kier alpha value is -0.580. The Morgan fingerprint density at radius 2 is 2.23 bits per heavy atom. The maximum atomic E-state index is 12.8. The second kappa shape index (κ2) is 7.33. The molecule has 2 heterocycles. The first kappa shape index (κ1) is 17.8. The molecule has 2 unspecified atom stereocenters. The summed E-state index contributed by atoms with van der Waals surface area (Å²) in [5.74, 6) is 0.493. The average Bonchev–Trinajstić information content (AvgIpc) is 2.96. The van der Waals surface area contributed by atoms with E-state index >= 15 is 0 Å². The van der Waals surface area contributed by atoms with Crippen LogP contribution in [0.2, 0.25) is 0 Å². The summed E-state index contributed by atoms with van der Waals surface area (Å²) in [5, 5.41) is 7.73. The molecule has 1 spiro atoms. The number of hydrogen-bond donors (Lipinski definition) is 1. The zero-order valence-corrected chi connectivity index (χ0v) is 15.1. The van der Waals surface area contributed by atoms with Gasteiger partial charge >= 0.3 is 0 Å². The van der Waals surface area contributed by atoms with E-state index in [1.807, 2.05) is 0 Å². The van der Waals surface area contributed by atoms with Gasteiger partial charge in [-0.15, -0.1) is 12.4 Å². The number of carbonyl (C=O) groups is 1. The first-order valence-corrected chi connectivity index (χ1v) is 9.13. The highest BCUT2D eigenvalue weighted by Gasteiger charge is 2.57. The van der Waals surface area contributed by atoms with Gasteiger partial charge in [-0.25, -0.2) is 0 Å². The summed E-state index contributed by atoms with van der Waals surface area (Å²) >= 11 is 1.72. The number of piperidine rings is 1. The average molecular weight is 343 g/mol. The van der Waals surface area contributed by atoms with Gasteiger partial charge in [0.05, 0.1) is 0 Å². The van der Waals surface area contributed by atoms with Crippen LogP contribution < -0.4 is 5.32 Å². The van der Waals surface area contributed by atoms with Crippen LogP contribution in [0.5, 0.6) is 0 Å². The van der Waals surface area contributed by atoms with Crippen molar-refractivity contribution in [2.75, 3.05) is 13.1 Å². The van der Waals surface area contributed by atoms with E-state index in [1.54, 1.807) is 11.3 Å². The van der Waals surface area contributed by atoms with E-state index in [4.69, 9.17) is 0 Å². The molecular weight excluding hydrogens is 316 g/mol. The van der Waals surface area contributed by atoms with E-state index < -0.39 is 0 Å². The molecule has 5 heteroatoms. The Morgan fingerprint density at radius 1 is 1.50 bits per heavy atom. The van der Waals surface area contributed by atoms with Crippen molar-refractivity contribution in [3.05, 3.63) is 22.4 Å². The molecule has 3 nitrogen and oxygen atoms in total. The summed E-state index contributed by atoms with van der Waals surface area (Å²) in [4.78, 5) is 15.0. The van der Waals surface area contributed by atoms with E-state index in [-0.39, 0.29) is 18.3 Å². The molecule has 0 bridgehead atoms. The molecule has 3 rings (SSSR count). The topological polar surface area (TPSA) is 32.3 Å². The van der Waals surface area contributed by atoms with Crippen LogP contribution >= 0.6 is 23.7 Å². The smallest absolute Gasteiger partial charge is 0.225 e. The molecule has 2 aliphatic rings. The van der Waals surface area contributed by atoms with Crippen LogP contribution in [-0.2, 0) is 11.3 Å². The Balaban J connectivity index is 0.00000176. The van der Waals surface area contributed by atoms with Crippen LogP contribution in [0.15, 0.2) is 16.8 Å². The third kappa shape index (κ3) is 3.50. The van der Waals surface area contributed by atoms with Crippen molar-refractivity contribution in [2.45, 2.75) is 52.1 Å². The summed E-state index contributed by atoms with van der Waals surface area (Å²) in [6, 6.07) is 2.62.